The number of aromatic nitrogens is 4. The number of ether oxygens (including phenoxy) is 1. The van der Waals surface area contributed by atoms with Crippen LogP contribution in [0.5, 0.6) is 0 Å². The molecule has 8 heteroatoms. The number of hydrogen-bond acceptors (Lipinski definition) is 7. The van der Waals surface area contributed by atoms with Crippen LogP contribution in [0.3, 0.4) is 0 Å². The van der Waals surface area contributed by atoms with Crippen LogP contribution < -0.4 is 5.73 Å². The van der Waals surface area contributed by atoms with Crippen LogP contribution in [0.4, 0.5) is 5.82 Å². The van der Waals surface area contributed by atoms with Crippen molar-refractivity contribution >= 4 is 5.82 Å². The monoisotopic (exact) mass is 371 g/mol. The van der Waals surface area contributed by atoms with E-state index in [0.717, 1.165) is 82.5 Å². The maximum atomic E-state index is 6.02. The van der Waals surface area contributed by atoms with E-state index in [9.17, 15) is 0 Å². The van der Waals surface area contributed by atoms with Crippen molar-refractivity contribution in [1.29, 1.82) is 0 Å². The minimum Gasteiger partial charge on any atom is -0.383 e. The fourth-order valence-electron chi connectivity index (χ4n) is 4.06. The predicted molar refractivity (Wildman–Crippen MR) is 103 cm³/mol. The molecule has 2 aromatic heterocycles. The molecule has 2 aromatic rings. The van der Waals surface area contributed by atoms with Crippen LogP contribution >= 0.6 is 0 Å². The zero-order valence-electron chi connectivity index (χ0n) is 16.0. The lowest BCUT2D eigenvalue weighted by Gasteiger charge is -2.32. The Balaban J connectivity index is 1.41. The molecule has 4 heterocycles. The highest BCUT2D eigenvalue weighted by Gasteiger charge is 2.27. The molecule has 0 saturated carbocycles. The first-order valence-electron chi connectivity index (χ1n) is 9.80. The molecule has 2 fully saturated rings. The SMILES string of the molecule is Cn1c(CN2CCOCC2)nnc1C1CCCN(Cc2cccnc2N)C1. The van der Waals surface area contributed by atoms with Gasteiger partial charge in [-0.3, -0.25) is 9.80 Å². The molecule has 1 atom stereocenters. The Labute approximate surface area is 160 Å². The molecule has 146 valence electrons. The van der Waals surface area contributed by atoms with Gasteiger partial charge >= 0.3 is 0 Å². The van der Waals surface area contributed by atoms with Gasteiger partial charge in [-0.05, 0) is 25.5 Å². The molecule has 27 heavy (non-hydrogen) atoms. The second-order valence-electron chi connectivity index (χ2n) is 7.54. The summed E-state index contributed by atoms with van der Waals surface area (Å²) in [6.07, 6.45) is 4.06. The first-order chi connectivity index (χ1) is 13.2. The first-order valence-corrected chi connectivity index (χ1v) is 9.80. The molecule has 0 aliphatic carbocycles. The predicted octanol–water partition coefficient (Wildman–Crippen LogP) is 1.00. The number of nitrogen functional groups attached to an aromatic ring is 1. The molecular formula is C19H29N7O. The van der Waals surface area contributed by atoms with Crippen molar-refractivity contribution in [2.75, 3.05) is 45.1 Å². The van der Waals surface area contributed by atoms with Crippen LogP contribution in [-0.4, -0.2) is 68.9 Å². The summed E-state index contributed by atoms with van der Waals surface area (Å²) in [6.45, 7) is 7.29. The largest absolute Gasteiger partial charge is 0.383 e. The fraction of sp³-hybridized carbons (Fsp3) is 0.632. The third-order valence-corrected chi connectivity index (χ3v) is 5.66. The highest BCUT2D eigenvalue weighted by Crippen LogP contribution is 2.27. The second-order valence-corrected chi connectivity index (χ2v) is 7.54. The lowest BCUT2D eigenvalue weighted by Crippen LogP contribution is -2.36. The Morgan fingerprint density at radius 1 is 1.15 bits per heavy atom. The van der Waals surface area contributed by atoms with Crippen molar-refractivity contribution in [3.05, 3.63) is 35.5 Å². The van der Waals surface area contributed by atoms with Crippen molar-refractivity contribution in [2.45, 2.75) is 31.8 Å². The van der Waals surface area contributed by atoms with Crippen molar-refractivity contribution in [2.24, 2.45) is 7.05 Å². The number of nitrogens with two attached hydrogens (primary N) is 1. The van der Waals surface area contributed by atoms with Gasteiger partial charge in [-0.25, -0.2) is 4.98 Å². The molecular weight excluding hydrogens is 342 g/mol. The van der Waals surface area contributed by atoms with Crippen LogP contribution in [0.25, 0.3) is 0 Å². The van der Waals surface area contributed by atoms with Gasteiger partial charge < -0.3 is 15.0 Å². The van der Waals surface area contributed by atoms with Crippen LogP contribution in [0, 0.1) is 0 Å². The second kappa shape index (κ2) is 8.33. The lowest BCUT2D eigenvalue weighted by molar-refractivity contribution is 0.0326. The third kappa shape index (κ3) is 4.28. The van der Waals surface area contributed by atoms with E-state index in [0.29, 0.717) is 11.7 Å². The standard InChI is InChI=1S/C19H29N7O/c1-24-17(14-25-8-10-27-11-9-25)22-23-19(24)16-5-3-7-26(13-16)12-15-4-2-6-21-18(15)20/h2,4,6,16H,3,5,7-14H2,1H3,(H2,20,21). The molecule has 2 aliphatic heterocycles. The van der Waals surface area contributed by atoms with E-state index in [4.69, 9.17) is 10.5 Å². The van der Waals surface area contributed by atoms with Gasteiger partial charge in [-0.2, -0.15) is 0 Å². The molecule has 0 bridgehead atoms. The molecule has 4 rings (SSSR count). The maximum absolute atomic E-state index is 6.02. The summed E-state index contributed by atoms with van der Waals surface area (Å²) in [6, 6.07) is 4.02. The minimum atomic E-state index is 0.410. The molecule has 2 saturated heterocycles. The van der Waals surface area contributed by atoms with Gasteiger partial charge in [0.15, 0.2) is 0 Å². The number of nitrogens with zero attached hydrogens (tertiary/aromatic N) is 6. The number of morpholine rings is 1. The van der Waals surface area contributed by atoms with Gasteiger partial charge in [0.05, 0.1) is 19.8 Å². The Morgan fingerprint density at radius 2 is 2.00 bits per heavy atom. The van der Waals surface area contributed by atoms with Crippen molar-refractivity contribution in [3.8, 4) is 0 Å². The van der Waals surface area contributed by atoms with Crippen molar-refractivity contribution in [3.63, 3.8) is 0 Å². The average Bonchev–Trinajstić information content (AvgIpc) is 3.05. The zero-order valence-corrected chi connectivity index (χ0v) is 16.0. The van der Waals surface area contributed by atoms with E-state index < -0.39 is 0 Å². The van der Waals surface area contributed by atoms with Gasteiger partial charge in [0.1, 0.15) is 17.5 Å². The summed E-state index contributed by atoms with van der Waals surface area (Å²) >= 11 is 0. The van der Waals surface area contributed by atoms with Gasteiger partial charge in [0.25, 0.3) is 0 Å². The average molecular weight is 371 g/mol. The summed E-state index contributed by atoms with van der Waals surface area (Å²) in [4.78, 5) is 9.05. The summed E-state index contributed by atoms with van der Waals surface area (Å²) in [5, 5.41) is 9.05. The van der Waals surface area contributed by atoms with Crippen LogP contribution in [0.2, 0.25) is 0 Å². The number of hydrogen-bond donors (Lipinski definition) is 1. The summed E-state index contributed by atoms with van der Waals surface area (Å²) in [7, 11) is 2.10. The van der Waals surface area contributed by atoms with Gasteiger partial charge in [0.2, 0.25) is 0 Å². The molecule has 2 N–H and O–H groups in total. The lowest BCUT2D eigenvalue weighted by atomic mass is 9.96. The van der Waals surface area contributed by atoms with Crippen LogP contribution in [-0.2, 0) is 24.9 Å². The first kappa shape index (κ1) is 18.3. The quantitative estimate of drug-likeness (QED) is 0.839. The zero-order chi connectivity index (χ0) is 18.6. The van der Waals surface area contributed by atoms with Crippen LogP contribution in [0.1, 0.15) is 36.0 Å². The van der Waals surface area contributed by atoms with Crippen LogP contribution in [0.15, 0.2) is 18.3 Å². The minimum absolute atomic E-state index is 0.410. The van der Waals surface area contributed by atoms with E-state index in [1.165, 1.54) is 0 Å². The number of likely N-dealkylation sites (tertiary alicyclic amines) is 1. The molecule has 1 unspecified atom stereocenters. The molecule has 0 spiro atoms. The van der Waals surface area contributed by atoms with Crippen molar-refractivity contribution in [1.82, 2.24) is 29.5 Å². The van der Waals surface area contributed by atoms with Crippen molar-refractivity contribution < 1.29 is 4.74 Å². The van der Waals surface area contributed by atoms with Gasteiger partial charge in [-0.1, -0.05) is 6.07 Å². The fourth-order valence-corrected chi connectivity index (χ4v) is 4.06. The smallest absolute Gasteiger partial charge is 0.146 e. The summed E-state index contributed by atoms with van der Waals surface area (Å²) in [5.74, 6) is 3.18. The number of rotatable bonds is 5. The molecule has 0 aromatic carbocycles. The highest BCUT2D eigenvalue weighted by atomic mass is 16.5. The Morgan fingerprint density at radius 3 is 2.81 bits per heavy atom. The number of piperidine rings is 1. The third-order valence-electron chi connectivity index (χ3n) is 5.66. The van der Waals surface area contributed by atoms with Gasteiger partial charge in [0, 0.05) is 50.9 Å². The highest BCUT2D eigenvalue weighted by molar-refractivity contribution is 5.38. The van der Waals surface area contributed by atoms with E-state index >= 15 is 0 Å². The van der Waals surface area contributed by atoms with E-state index in [1.54, 1.807) is 6.20 Å². The summed E-state index contributed by atoms with van der Waals surface area (Å²) in [5.41, 5.74) is 7.12. The molecule has 8 nitrogen and oxygen atoms in total. The molecule has 0 radical (unpaired) electrons. The van der Waals surface area contributed by atoms with E-state index in [1.807, 2.05) is 6.07 Å². The number of anilines is 1. The summed E-state index contributed by atoms with van der Waals surface area (Å²) < 4.78 is 7.63. The Kier molecular flexibility index (Phi) is 5.66. The Bertz CT molecular complexity index is 756. The molecule has 2 aliphatic rings. The van der Waals surface area contributed by atoms with E-state index in [-0.39, 0.29) is 0 Å². The maximum Gasteiger partial charge on any atom is 0.146 e. The number of pyridine rings is 1. The Hall–Kier alpha value is -2.03. The normalized spacial score (nSPS) is 22.2. The molecule has 0 amide bonds. The van der Waals surface area contributed by atoms with E-state index in [2.05, 4.69) is 42.7 Å². The topological polar surface area (TPSA) is 85.3 Å². The van der Waals surface area contributed by atoms with Gasteiger partial charge in [-0.15, -0.1) is 10.2 Å².